The van der Waals surface area contributed by atoms with Gasteiger partial charge in [0.05, 0.1) is 17.0 Å². The Kier molecular flexibility index (Phi) is 5.08. The number of hydrogen-bond acceptors (Lipinski definition) is 5. The van der Waals surface area contributed by atoms with E-state index in [1.165, 1.54) is 5.56 Å². The summed E-state index contributed by atoms with van der Waals surface area (Å²) < 4.78 is 32.1. The second-order valence-electron chi connectivity index (χ2n) is 11.5. The molecular weight excluding hydrogens is 366 g/mol. The second-order valence-corrected chi connectivity index (χ2v) is 11.5. The second kappa shape index (κ2) is 6.49. The molecule has 2 aliphatic rings. The molecule has 0 atom stereocenters. The summed E-state index contributed by atoms with van der Waals surface area (Å²) >= 11 is 0. The van der Waals surface area contributed by atoms with Crippen molar-refractivity contribution in [2.75, 3.05) is 0 Å². The van der Waals surface area contributed by atoms with Crippen molar-refractivity contribution < 1.29 is 23.3 Å². The molecule has 2 heterocycles. The van der Waals surface area contributed by atoms with Crippen molar-refractivity contribution in [1.82, 2.24) is 0 Å². The Bertz CT molecular complexity index is 730. The molecule has 7 heteroatoms. The lowest BCUT2D eigenvalue weighted by molar-refractivity contribution is 0.00578. The molecule has 0 unspecified atom stereocenters. The largest absolute Gasteiger partial charge is 0.673 e. The fraction of sp³-hybridized carbons (Fsp3) is 0.727. The highest BCUT2D eigenvalue weighted by molar-refractivity contribution is 7.19. The molecule has 0 N–H and O–H groups in total. The van der Waals surface area contributed by atoms with E-state index in [1.807, 2.05) is 67.5 Å². The molecule has 2 fully saturated rings. The summed E-state index contributed by atoms with van der Waals surface area (Å²) in [6.45, 7) is 20.3. The first-order valence-electron chi connectivity index (χ1n) is 10.6. The Hall–Kier alpha value is -1.01. The fourth-order valence-electron chi connectivity index (χ4n) is 3.62. The molecule has 3 rings (SSSR count). The molecule has 5 nitrogen and oxygen atoms in total. The lowest BCUT2D eigenvalue weighted by Crippen LogP contribution is -2.61. The molecule has 0 amide bonds. The smallest absolute Gasteiger partial charge is 0.458 e. The SMILES string of the molecule is CC(C)(C)c1ccc(O[B-]2(B3OC(C)(C)C(C)(C)O3)OC(C)(C)C(C)(C)O2)cc1. The summed E-state index contributed by atoms with van der Waals surface area (Å²) in [6, 6.07) is 8.07. The Morgan fingerprint density at radius 2 is 1.14 bits per heavy atom. The zero-order valence-electron chi connectivity index (χ0n) is 20.0. The van der Waals surface area contributed by atoms with Gasteiger partial charge < -0.3 is 23.3 Å². The Morgan fingerprint density at radius 3 is 1.52 bits per heavy atom. The quantitative estimate of drug-likeness (QED) is 0.660. The fourth-order valence-corrected chi connectivity index (χ4v) is 3.62. The number of benzene rings is 1. The van der Waals surface area contributed by atoms with Gasteiger partial charge in [-0.05, 0) is 78.5 Å². The van der Waals surface area contributed by atoms with Gasteiger partial charge in [0.25, 0.3) is 0 Å². The zero-order valence-corrected chi connectivity index (χ0v) is 20.0. The van der Waals surface area contributed by atoms with Crippen molar-refractivity contribution >= 4 is 13.7 Å². The summed E-state index contributed by atoms with van der Waals surface area (Å²) in [5, 5.41) is 0. The van der Waals surface area contributed by atoms with Crippen LogP contribution in [-0.4, -0.2) is 36.1 Å². The summed E-state index contributed by atoms with van der Waals surface area (Å²) in [6.07, 6.45) is 0. The van der Waals surface area contributed by atoms with Gasteiger partial charge in [0.2, 0.25) is 0 Å². The third-order valence-corrected chi connectivity index (χ3v) is 6.99. The monoisotopic (exact) mass is 403 g/mol. The molecule has 0 spiro atoms. The highest BCUT2D eigenvalue weighted by Crippen LogP contribution is 2.48. The standard InChI is InChI=1S/C22H37B2O5/c1-18(2,3)16-12-14-17(15-13-16)25-24(28-21(8,9)22(10,11)29-24)23-26-19(4,5)20(6,7)27-23/h12-15H,1-11H3/q-1. The van der Waals surface area contributed by atoms with Crippen LogP contribution in [0.15, 0.2) is 24.3 Å². The molecule has 2 saturated heterocycles. The maximum atomic E-state index is 6.49. The minimum Gasteiger partial charge on any atom is -0.673 e. The molecule has 29 heavy (non-hydrogen) atoms. The molecule has 0 bridgehead atoms. The van der Waals surface area contributed by atoms with Gasteiger partial charge in [0, 0.05) is 11.2 Å². The van der Waals surface area contributed by atoms with Crippen molar-refractivity contribution in [2.45, 2.75) is 104 Å². The highest BCUT2D eigenvalue weighted by Gasteiger charge is 2.66. The van der Waals surface area contributed by atoms with E-state index >= 15 is 0 Å². The Balaban J connectivity index is 1.98. The van der Waals surface area contributed by atoms with Crippen LogP contribution in [0.4, 0.5) is 0 Å². The predicted molar refractivity (Wildman–Crippen MR) is 118 cm³/mol. The summed E-state index contributed by atoms with van der Waals surface area (Å²) in [7, 11) is -0.775. The minimum absolute atomic E-state index is 0.0669. The van der Waals surface area contributed by atoms with E-state index in [9.17, 15) is 0 Å². The predicted octanol–water partition coefficient (Wildman–Crippen LogP) is 5.08. The van der Waals surface area contributed by atoms with Crippen LogP contribution in [0, 0.1) is 0 Å². The van der Waals surface area contributed by atoms with Crippen molar-refractivity contribution in [3.8, 4) is 5.75 Å². The summed E-state index contributed by atoms with van der Waals surface area (Å²) in [5.74, 6) is 0.668. The van der Waals surface area contributed by atoms with Crippen LogP contribution in [-0.2, 0) is 24.0 Å². The molecule has 0 aliphatic carbocycles. The van der Waals surface area contributed by atoms with Gasteiger partial charge in [-0.25, -0.2) is 0 Å². The molecule has 0 aromatic heterocycles. The van der Waals surface area contributed by atoms with Crippen LogP contribution in [0.1, 0.15) is 81.7 Å². The lowest BCUT2D eigenvalue weighted by Gasteiger charge is -2.40. The van der Waals surface area contributed by atoms with E-state index < -0.39 is 36.1 Å². The van der Waals surface area contributed by atoms with E-state index in [0.717, 1.165) is 0 Å². The van der Waals surface area contributed by atoms with Crippen molar-refractivity contribution in [3.05, 3.63) is 29.8 Å². The van der Waals surface area contributed by atoms with Gasteiger partial charge in [-0.1, -0.05) is 32.9 Å². The van der Waals surface area contributed by atoms with E-state index in [-0.39, 0.29) is 5.41 Å². The van der Waals surface area contributed by atoms with Crippen LogP contribution in [0.3, 0.4) is 0 Å². The van der Waals surface area contributed by atoms with Crippen molar-refractivity contribution in [3.63, 3.8) is 0 Å². The number of rotatable bonds is 3. The van der Waals surface area contributed by atoms with E-state index in [2.05, 4.69) is 32.9 Å². The van der Waals surface area contributed by atoms with E-state index in [4.69, 9.17) is 23.3 Å². The molecule has 162 valence electrons. The Labute approximate surface area is 176 Å². The van der Waals surface area contributed by atoms with Crippen molar-refractivity contribution in [1.29, 1.82) is 0 Å². The zero-order chi connectivity index (χ0) is 22.1. The summed E-state index contributed by atoms with van der Waals surface area (Å²) in [5.41, 5.74) is -0.900. The van der Waals surface area contributed by atoms with Crippen molar-refractivity contribution in [2.24, 2.45) is 0 Å². The lowest BCUT2D eigenvalue weighted by atomic mass is 9.41. The first kappa shape index (κ1) is 22.7. The Morgan fingerprint density at radius 1 is 0.724 bits per heavy atom. The van der Waals surface area contributed by atoms with Gasteiger partial charge in [0.15, 0.2) is 0 Å². The maximum Gasteiger partial charge on any atom is 0.458 e. The number of hydrogen-bond donors (Lipinski definition) is 0. The van der Waals surface area contributed by atoms with Gasteiger partial charge in [-0.3, -0.25) is 0 Å². The molecule has 1 aromatic rings. The van der Waals surface area contributed by atoms with Crippen LogP contribution in [0.5, 0.6) is 5.75 Å². The van der Waals surface area contributed by atoms with E-state index in [1.54, 1.807) is 0 Å². The molecule has 0 saturated carbocycles. The summed E-state index contributed by atoms with van der Waals surface area (Å²) in [4.78, 5) is 0. The molecule has 1 aromatic carbocycles. The third kappa shape index (κ3) is 3.87. The van der Waals surface area contributed by atoms with Crippen LogP contribution in [0.25, 0.3) is 0 Å². The van der Waals surface area contributed by atoms with Gasteiger partial charge >= 0.3 is 13.7 Å². The normalized spacial score (nSPS) is 26.5. The molecule has 2 aliphatic heterocycles. The minimum atomic E-state index is -2.36. The highest BCUT2D eigenvalue weighted by atomic mass is 16.8. The van der Waals surface area contributed by atoms with Gasteiger partial charge in [0.1, 0.15) is 0 Å². The molecular formula is C22H37B2O5-. The van der Waals surface area contributed by atoms with Crippen LogP contribution < -0.4 is 4.65 Å². The van der Waals surface area contributed by atoms with Gasteiger partial charge in [-0.15, -0.1) is 0 Å². The third-order valence-electron chi connectivity index (χ3n) is 6.99. The topological polar surface area (TPSA) is 46.2 Å². The van der Waals surface area contributed by atoms with Crippen LogP contribution >= 0.6 is 0 Å². The van der Waals surface area contributed by atoms with Gasteiger partial charge in [-0.2, -0.15) is 0 Å². The first-order valence-corrected chi connectivity index (χ1v) is 10.6. The van der Waals surface area contributed by atoms with E-state index in [0.29, 0.717) is 5.75 Å². The molecule has 0 radical (unpaired) electrons. The average molecular weight is 403 g/mol. The maximum absolute atomic E-state index is 6.49. The average Bonchev–Trinajstić information content (AvgIpc) is 2.85. The van der Waals surface area contributed by atoms with Crippen LogP contribution in [0.2, 0.25) is 0 Å². The first-order chi connectivity index (χ1) is 12.9.